The van der Waals surface area contributed by atoms with E-state index in [0.717, 1.165) is 24.5 Å². The predicted octanol–water partition coefficient (Wildman–Crippen LogP) is 2.35. The van der Waals surface area contributed by atoms with E-state index in [2.05, 4.69) is 24.4 Å². The molecule has 1 aliphatic heterocycles. The van der Waals surface area contributed by atoms with Gasteiger partial charge in [-0.2, -0.15) is 0 Å². The molecule has 0 bridgehead atoms. The average molecular weight is 258 g/mol. The number of fused-ring (bicyclic) bond motifs is 1. The number of nitrogens with one attached hydrogen (secondary N) is 1. The number of rotatable bonds is 0. The van der Waals surface area contributed by atoms with Crippen molar-refractivity contribution in [2.45, 2.75) is 19.3 Å². The molecule has 94 valence electrons. The number of nitrogens with zero attached hydrogens (tertiary/aromatic N) is 1. The maximum absolute atomic E-state index is 8.25. The second-order valence-electron chi connectivity index (χ2n) is 3.92. The molecule has 0 saturated carbocycles. The first-order valence-corrected chi connectivity index (χ1v) is 5.69. The molecular formula is C11H14ClN2O3-. The quantitative estimate of drug-likeness (QED) is 0.572. The third-order valence-electron chi connectivity index (χ3n) is 2.66. The van der Waals surface area contributed by atoms with E-state index >= 15 is 0 Å². The third kappa shape index (κ3) is 4.58. The molecule has 0 aromatic heterocycles. The minimum Gasteiger partial charge on any atom is -0.356 e. The van der Waals surface area contributed by atoms with Gasteiger partial charge in [-0.15, -0.1) is 0 Å². The first kappa shape index (κ1) is 13.7. The van der Waals surface area contributed by atoms with E-state index in [4.69, 9.17) is 26.9 Å². The Hall–Kier alpha value is -1.33. The third-order valence-corrected chi connectivity index (χ3v) is 2.90. The van der Waals surface area contributed by atoms with Crippen LogP contribution < -0.4 is 5.32 Å². The Morgan fingerprint density at radius 1 is 1.47 bits per heavy atom. The summed E-state index contributed by atoms with van der Waals surface area (Å²) in [6.45, 7) is 4.39. The van der Waals surface area contributed by atoms with Crippen LogP contribution >= 0.6 is 11.6 Å². The van der Waals surface area contributed by atoms with Gasteiger partial charge >= 0.3 is 0 Å². The Bertz CT molecular complexity index is 394. The molecule has 1 N–H and O–H groups in total. The number of benzene rings is 1. The van der Waals surface area contributed by atoms with Crippen molar-refractivity contribution in [3.05, 3.63) is 49.7 Å². The van der Waals surface area contributed by atoms with Gasteiger partial charge in [-0.1, -0.05) is 24.6 Å². The highest BCUT2D eigenvalue weighted by Gasteiger charge is 2.13. The molecular weight excluding hydrogens is 244 g/mol. The van der Waals surface area contributed by atoms with Gasteiger partial charge in [0.05, 0.1) is 5.09 Å². The zero-order valence-corrected chi connectivity index (χ0v) is 10.2. The first-order valence-electron chi connectivity index (χ1n) is 5.31. The molecule has 0 aliphatic carbocycles. The van der Waals surface area contributed by atoms with Gasteiger partial charge in [0, 0.05) is 11.6 Å². The van der Waals surface area contributed by atoms with Crippen molar-refractivity contribution in [2.24, 2.45) is 0 Å². The van der Waals surface area contributed by atoms with E-state index in [-0.39, 0.29) is 0 Å². The van der Waals surface area contributed by atoms with Crippen LogP contribution in [-0.2, 0) is 6.42 Å². The minimum atomic E-state index is -1.75. The SMILES string of the molecule is C[C@H]1CNCCc2ccc(Cl)cc21.O=[N+]([O-])[O-]. The molecule has 1 aromatic carbocycles. The lowest BCUT2D eigenvalue weighted by atomic mass is 9.96. The second-order valence-corrected chi connectivity index (χ2v) is 4.36. The number of halogens is 1. The molecule has 2 rings (SSSR count). The van der Waals surface area contributed by atoms with Crippen molar-refractivity contribution >= 4 is 11.6 Å². The Labute approximate surface area is 105 Å². The highest BCUT2D eigenvalue weighted by Crippen LogP contribution is 2.25. The molecule has 0 unspecified atom stereocenters. The summed E-state index contributed by atoms with van der Waals surface area (Å²) >= 11 is 5.97. The van der Waals surface area contributed by atoms with Crippen LogP contribution in [-0.4, -0.2) is 18.2 Å². The van der Waals surface area contributed by atoms with Crippen molar-refractivity contribution < 1.29 is 5.09 Å². The molecule has 0 radical (unpaired) electrons. The van der Waals surface area contributed by atoms with Crippen molar-refractivity contribution in [3.63, 3.8) is 0 Å². The van der Waals surface area contributed by atoms with E-state index < -0.39 is 5.09 Å². The van der Waals surface area contributed by atoms with Crippen molar-refractivity contribution in [3.8, 4) is 0 Å². The van der Waals surface area contributed by atoms with Crippen LogP contribution in [0.4, 0.5) is 0 Å². The molecule has 1 aromatic rings. The predicted molar refractivity (Wildman–Crippen MR) is 66.8 cm³/mol. The van der Waals surface area contributed by atoms with Crippen LogP contribution in [0.3, 0.4) is 0 Å². The fourth-order valence-corrected chi connectivity index (χ4v) is 2.08. The fourth-order valence-electron chi connectivity index (χ4n) is 1.90. The van der Waals surface area contributed by atoms with Crippen molar-refractivity contribution in [2.75, 3.05) is 13.1 Å². The van der Waals surface area contributed by atoms with Gasteiger partial charge in [-0.3, -0.25) is 0 Å². The van der Waals surface area contributed by atoms with E-state index in [1.54, 1.807) is 0 Å². The summed E-state index contributed by atoms with van der Waals surface area (Å²) in [4.78, 5) is 8.25. The highest BCUT2D eigenvalue weighted by atomic mass is 35.5. The summed E-state index contributed by atoms with van der Waals surface area (Å²) < 4.78 is 0. The van der Waals surface area contributed by atoms with E-state index in [0.29, 0.717) is 5.92 Å². The largest absolute Gasteiger partial charge is 0.356 e. The maximum Gasteiger partial charge on any atom is 0.0689 e. The minimum absolute atomic E-state index is 0.580. The fraction of sp³-hybridized carbons (Fsp3) is 0.455. The zero-order chi connectivity index (χ0) is 12.8. The van der Waals surface area contributed by atoms with Gasteiger partial charge in [0.15, 0.2) is 0 Å². The molecule has 0 spiro atoms. The molecule has 0 amide bonds. The van der Waals surface area contributed by atoms with Crippen LogP contribution in [0.25, 0.3) is 0 Å². The number of hydrogen-bond acceptors (Lipinski definition) is 4. The van der Waals surface area contributed by atoms with Crippen molar-refractivity contribution in [1.29, 1.82) is 0 Å². The van der Waals surface area contributed by atoms with Gasteiger partial charge in [0.25, 0.3) is 0 Å². The second kappa shape index (κ2) is 6.42. The van der Waals surface area contributed by atoms with Crippen LogP contribution in [0.5, 0.6) is 0 Å². The van der Waals surface area contributed by atoms with E-state index in [1.807, 2.05) is 6.07 Å². The Kier molecular flexibility index (Phi) is 5.18. The lowest BCUT2D eigenvalue weighted by molar-refractivity contribution is -0.402. The topological polar surface area (TPSA) is 78.2 Å². The summed E-state index contributed by atoms with van der Waals surface area (Å²) in [7, 11) is 0. The monoisotopic (exact) mass is 257 g/mol. The standard InChI is InChI=1S/C11H14ClN.NO3/c1-8-7-13-5-4-9-2-3-10(12)6-11(8)9;2-1(3)4/h2-3,6,8,13H,4-5,7H2,1H3;/q;-1/t8-;/m0./s1. The van der Waals surface area contributed by atoms with Crippen LogP contribution in [0.2, 0.25) is 5.02 Å². The van der Waals surface area contributed by atoms with Crippen molar-refractivity contribution in [1.82, 2.24) is 5.32 Å². The van der Waals surface area contributed by atoms with Gasteiger partial charge in [-0.25, -0.2) is 0 Å². The Morgan fingerprint density at radius 3 is 2.76 bits per heavy atom. The highest BCUT2D eigenvalue weighted by molar-refractivity contribution is 6.30. The molecule has 17 heavy (non-hydrogen) atoms. The molecule has 1 atom stereocenters. The van der Waals surface area contributed by atoms with E-state index in [1.165, 1.54) is 11.1 Å². The summed E-state index contributed by atoms with van der Waals surface area (Å²) in [5.41, 5.74) is 2.86. The molecule has 1 heterocycles. The zero-order valence-electron chi connectivity index (χ0n) is 9.48. The summed E-state index contributed by atoms with van der Waals surface area (Å²) in [6.07, 6.45) is 1.12. The molecule has 0 fully saturated rings. The summed E-state index contributed by atoms with van der Waals surface area (Å²) in [5.74, 6) is 0.580. The normalized spacial score (nSPS) is 18.4. The van der Waals surface area contributed by atoms with Crippen LogP contribution in [0, 0.1) is 15.3 Å². The Morgan fingerprint density at radius 2 is 2.12 bits per heavy atom. The smallest absolute Gasteiger partial charge is 0.0689 e. The van der Waals surface area contributed by atoms with Gasteiger partial charge in [0.1, 0.15) is 0 Å². The van der Waals surface area contributed by atoms with Gasteiger partial charge in [0.2, 0.25) is 0 Å². The molecule has 6 heteroatoms. The average Bonchev–Trinajstić information content (AvgIpc) is 2.41. The maximum atomic E-state index is 8.25. The molecule has 5 nitrogen and oxygen atoms in total. The van der Waals surface area contributed by atoms with Crippen LogP contribution in [0.1, 0.15) is 24.0 Å². The lowest BCUT2D eigenvalue weighted by Crippen LogP contribution is -2.18. The van der Waals surface area contributed by atoms with Gasteiger partial charge in [-0.05, 0) is 42.1 Å². The molecule has 0 saturated heterocycles. The summed E-state index contributed by atoms with van der Waals surface area (Å²) in [5, 5.41) is 19.0. The van der Waals surface area contributed by atoms with Gasteiger partial charge < -0.3 is 20.6 Å². The Balaban J connectivity index is 0.000000317. The lowest BCUT2D eigenvalue weighted by Gasteiger charge is -2.11. The molecule has 1 aliphatic rings. The van der Waals surface area contributed by atoms with E-state index in [9.17, 15) is 0 Å². The van der Waals surface area contributed by atoms with Crippen LogP contribution in [0.15, 0.2) is 18.2 Å². The number of hydrogen-bond donors (Lipinski definition) is 1. The first-order chi connectivity index (χ1) is 8.00. The summed E-state index contributed by atoms with van der Waals surface area (Å²) in [6, 6.07) is 6.24.